The molecule has 3 N–H and O–H groups in total. The fraction of sp³-hybridized carbons (Fsp3) is 0.333. The van der Waals surface area contributed by atoms with Crippen LogP contribution in [0.2, 0.25) is 0 Å². The van der Waals surface area contributed by atoms with Crippen molar-refractivity contribution in [2.45, 2.75) is 38.1 Å². The molecule has 1 aliphatic rings. The van der Waals surface area contributed by atoms with Gasteiger partial charge in [0.1, 0.15) is 6.10 Å². The molecule has 1 amide bonds. The van der Waals surface area contributed by atoms with Crippen molar-refractivity contribution in [3.63, 3.8) is 0 Å². The first-order chi connectivity index (χ1) is 13.2. The Morgan fingerprint density at radius 3 is 2.55 bits per heavy atom. The van der Waals surface area contributed by atoms with Crippen LogP contribution in [0.4, 0.5) is 0 Å². The molecule has 4 rings (SSSR count). The number of nitrogens with two attached hydrogens (primary N) is 1. The molecule has 1 aliphatic heterocycles. The number of nitrogens with one attached hydrogen (secondary N) is 1. The highest BCUT2D eigenvalue weighted by Crippen LogP contribution is 2.19. The van der Waals surface area contributed by atoms with Crippen molar-refractivity contribution >= 4 is 41.8 Å². The maximum Gasteiger partial charge on any atom is 0.249 e. The molecular weight excluding hydrogens is 411 g/mol. The summed E-state index contributed by atoms with van der Waals surface area (Å²) in [4.78, 5) is 16.6. The number of halogens is 2. The summed E-state index contributed by atoms with van der Waals surface area (Å²) in [6.07, 6.45) is 3.11. The van der Waals surface area contributed by atoms with Crippen LogP contribution in [0.3, 0.4) is 0 Å². The minimum Gasteiger partial charge on any atom is -0.364 e. The number of aromatic nitrogens is 2. The molecular formula is C21H26Cl2N4O2. The summed E-state index contributed by atoms with van der Waals surface area (Å²) in [7, 11) is 0. The van der Waals surface area contributed by atoms with Gasteiger partial charge in [-0.2, -0.15) is 0 Å². The number of hydrogen-bond acceptors (Lipinski definition) is 4. The van der Waals surface area contributed by atoms with E-state index in [-0.39, 0.29) is 42.9 Å². The molecule has 0 radical (unpaired) electrons. The van der Waals surface area contributed by atoms with Gasteiger partial charge in [-0.1, -0.05) is 36.4 Å². The molecule has 2 heterocycles. The van der Waals surface area contributed by atoms with Crippen LogP contribution < -0.4 is 11.1 Å². The lowest BCUT2D eigenvalue weighted by molar-refractivity contribution is -0.132. The minimum atomic E-state index is -0.368. The van der Waals surface area contributed by atoms with Crippen molar-refractivity contribution in [3.05, 3.63) is 66.0 Å². The fourth-order valence-corrected chi connectivity index (χ4v) is 3.47. The third-order valence-electron chi connectivity index (χ3n) is 5.03. The van der Waals surface area contributed by atoms with Gasteiger partial charge in [-0.15, -0.1) is 24.8 Å². The Hall–Kier alpha value is -2.12. The topological polar surface area (TPSA) is 82.2 Å². The molecule has 156 valence electrons. The van der Waals surface area contributed by atoms with E-state index >= 15 is 0 Å². The van der Waals surface area contributed by atoms with Gasteiger partial charge in [0.25, 0.3) is 0 Å². The van der Waals surface area contributed by atoms with Gasteiger partial charge in [0.15, 0.2) is 0 Å². The van der Waals surface area contributed by atoms with E-state index in [4.69, 9.17) is 10.5 Å². The largest absolute Gasteiger partial charge is 0.364 e. The number of rotatable bonds is 6. The average Bonchev–Trinajstić information content (AvgIpc) is 3.35. The van der Waals surface area contributed by atoms with Crippen molar-refractivity contribution in [1.82, 2.24) is 14.9 Å². The second kappa shape index (κ2) is 10.6. The lowest BCUT2D eigenvalue weighted by Crippen LogP contribution is -2.35. The van der Waals surface area contributed by atoms with Crippen molar-refractivity contribution < 1.29 is 9.53 Å². The summed E-state index contributed by atoms with van der Waals surface area (Å²) in [5.41, 5.74) is 9.98. The highest BCUT2D eigenvalue weighted by atomic mass is 35.5. The Morgan fingerprint density at radius 2 is 1.83 bits per heavy atom. The lowest BCUT2D eigenvalue weighted by Gasteiger charge is -2.13. The number of hydrogen-bond donors (Lipinski definition) is 2. The molecule has 0 aliphatic carbocycles. The third-order valence-corrected chi connectivity index (χ3v) is 5.03. The Bertz CT molecular complexity index is 930. The first kappa shape index (κ1) is 23.2. The zero-order valence-corrected chi connectivity index (χ0v) is 17.6. The monoisotopic (exact) mass is 436 g/mol. The molecule has 0 unspecified atom stereocenters. The first-order valence-electron chi connectivity index (χ1n) is 9.34. The zero-order valence-electron chi connectivity index (χ0n) is 16.0. The summed E-state index contributed by atoms with van der Waals surface area (Å²) >= 11 is 0. The molecule has 1 fully saturated rings. The SMILES string of the molecule is Cl.Cl.NC[C@H]1CC[C@@H](C(=O)NCc2ccc(Cn3cnc4ccccc43)cc2)O1. The van der Waals surface area contributed by atoms with Gasteiger partial charge in [-0.3, -0.25) is 4.79 Å². The normalized spacial score (nSPS) is 18.1. The Balaban J connectivity index is 0.00000150. The van der Waals surface area contributed by atoms with Crippen molar-refractivity contribution in [2.24, 2.45) is 5.73 Å². The molecule has 0 saturated carbocycles. The molecule has 6 nitrogen and oxygen atoms in total. The van der Waals surface area contributed by atoms with E-state index in [1.807, 2.05) is 36.7 Å². The zero-order chi connectivity index (χ0) is 18.6. The Kier molecular flexibility index (Phi) is 8.46. The maximum atomic E-state index is 12.2. The molecule has 1 saturated heterocycles. The number of fused-ring (bicyclic) bond motifs is 1. The average molecular weight is 437 g/mol. The summed E-state index contributed by atoms with van der Waals surface area (Å²) in [6, 6.07) is 16.4. The Morgan fingerprint density at radius 1 is 1.10 bits per heavy atom. The van der Waals surface area contributed by atoms with E-state index in [0.29, 0.717) is 13.1 Å². The van der Waals surface area contributed by atoms with Crippen molar-refractivity contribution in [1.29, 1.82) is 0 Å². The van der Waals surface area contributed by atoms with E-state index in [1.54, 1.807) is 0 Å². The van der Waals surface area contributed by atoms with E-state index in [9.17, 15) is 4.79 Å². The third kappa shape index (κ3) is 5.48. The second-order valence-corrected chi connectivity index (χ2v) is 6.96. The Labute approximate surface area is 182 Å². The van der Waals surface area contributed by atoms with Crippen LogP contribution in [0.25, 0.3) is 11.0 Å². The van der Waals surface area contributed by atoms with Gasteiger partial charge in [0, 0.05) is 19.6 Å². The first-order valence-corrected chi connectivity index (χ1v) is 9.34. The van der Waals surface area contributed by atoms with Crippen LogP contribution in [0.15, 0.2) is 54.9 Å². The number of ether oxygens (including phenoxy) is 1. The number of benzene rings is 2. The standard InChI is InChI=1S/C21H24N4O2.2ClH/c22-11-17-9-10-20(27-17)21(26)23-12-15-5-7-16(8-6-15)13-25-14-24-18-3-1-2-4-19(18)25;;/h1-8,14,17,20H,9-13,22H2,(H,23,26);2*1H/t17-,20+;;/m1../s1. The molecule has 2 atom stereocenters. The summed E-state index contributed by atoms with van der Waals surface area (Å²) in [5, 5.41) is 2.95. The molecule has 2 aromatic carbocycles. The number of amides is 1. The lowest BCUT2D eigenvalue weighted by atomic mass is 10.1. The molecule has 8 heteroatoms. The molecule has 0 bridgehead atoms. The maximum absolute atomic E-state index is 12.2. The number of carbonyl (C=O) groups is 1. The molecule has 0 spiro atoms. The van der Waals surface area contributed by atoms with Crippen LogP contribution in [0.1, 0.15) is 24.0 Å². The quantitative estimate of drug-likeness (QED) is 0.621. The van der Waals surface area contributed by atoms with E-state index in [2.05, 4.69) is 33.1 Å². The van der Waals surface area contributed by atoms with Crippen LogP contribution >= 0.6 is 24.8 Å². The predicted molar refractivity (Wildman–Crippen MR) is 119 cm³/mol. The summed E-state index contributed by atoms with van der Waals surface area (Å²) < 4.78 is 7.76. The van der Waals surface area contributed by atoms with Gasteiger partial charge in [-0.05, 0) is 36.1 Å². The van der Waals surface area contributed by atoms with Crippen LogP contribution in [0, 0.1) is 0 Å². The van der Waals surface area contributed by atoms with Gasteiger partial charge in [-0.25, -0.2) is 4.98 Å². The van der Waals surface area contributed by atoms with Gasteiger partial charge in [0.2, 0.25) is 5.91 Å². The smallest absolute Gasteiger partial charge is 0.249 e. The fourth-order valence-electron chi connectivity index (χ4n) is 3.47. The predicted octanol–water partition coefficient (Wildman–Crippen LogP) is 3.05. The minimum absolute atomic E-state index is 0. The van der Waals surface area contributed by atoms with Crippen molar-refractivity contribution in [2.75, 3.05) is 6.54 Å². The summed E-state index contributed by atoms with van der Waals surface area (Å²) in [5.74, 6) is -0.0556. The number of carbonyl (C=O) groups excluding carboxylic acids is 1. The van der Waals surface area contributed by atoms with Crippen LogP contribution in [-0.4, -0.2) is 34.2 Å². The van der Waals surface area contributed by atoms with E-state index < -0.39 is 0 Å². The van der Waals surface area contributed by atoms with Gasteiger partial charge in [0.05, 0.1) is 23.5 Å². The van der Waals surface area contributed by atoms with Crippen LogP contribution in [-0.2, 0) is 22.6 Å². The highest BCUT2D eigenvalue weighted by molar-refractivity contribution is 5.85. The second-order valence-electron chi connectivity index (χ2n) is 6.96. The molecule has 3 aromatic rings. The van der Waals surface area contributed by atoms with Gasteiger partial charge < -0.3 is 20.4 Å². The number of nitrogens with zero attached hydrogens (tertiary/aromatic N) is 2. The van der Waals surface area contributed by atoms with Gasteiger partial charge >= 0.3 is 0 Å². The summed E-state index contributed by atoms with van der Waals surface area (Å²) in [6.45, 7) is 1.74. The highest BCUT2D eigenvalue weighted by Gasteiger charge is 2.29. The number of imidazole rings is 1. The van der Waals surface area contributed by atoms with Crippen LogP contribution in [0.5, 0.6) is 0 Å². The molecule has 1 aromatic heterocycles. The van der Waals surface area contributed by atoms with Crippen molar-refractivity contribution in [3.8, 4) is 0 Å². The molecule has 29 heavy (non-hydrogen) atoms. The van der Waals surface area contributed by atoms with E-state index in [1.165, 1.54) is 5.56 Å². The number of para-hydroxylation sites is 2. The van der Waals surface area contributed by atoms with E-state index in [0.717, 1.165) is 36.0 Å².